The molecule has 0 aromatic carbocycles. The van der Waals surface area contributed by atoms with E-state index < -0.39 is 5.97 Å². The Kier molecular flexibility index (Phi) is 3.40. The van der Waals surface area contributed by atoms with Crippen LogP contribution in [0.2, 0.25) is 0 Å². The first-order valence-electron chi connectivity index (χ1n) is 3.43. The van der Waals surface area contributed by atoms with Crippen LogP contribution in [0.5, 0.6) is 0 Å². The molecule has 0 radical (unpaired) electrons. The molecule has 0 atom stereocenters. The highest BCUT2D eigenvalue weighted by atomic mass is 35.5. The molecule has 1 aromatic heterocycles. The Morgan fingerprint density at radius 2 is 2.15 bits per heavy atom. The first kappa shape index (κ1) is 9.67. The smallest absolute Gasteiger partial charge is 0.339 e. The van der Waals surface area contributed by atoms with Crippen LogP contribution < -0.4 is 0 Å². The Labute approximate surface area is 80.2 Å². The second-order valence-electron chi connectivity index (χ2n) is 2.14. The maximum atomic E-state index is 11.1. The lowest BCUT2D eigenvalue weighted by atomic mass is 10.2. The van der Waals surface area contributed by atoms with Gasteiger partial charge in [-0.25, -0.2) is 14.8 Å². The van der Waals surface area contributed by atoms with Crippen LogP contribution in [0.4, 0.5) is 0 Å². The van der Waals surface area contributed by atoms with E-state index in [4.69, 9.17) is 11.6 Å². The Bertz CT molecular complexity index is 324. The summed E-state index contributed by atoms with van der Waals surface area (Å²) in [6.45, 7) is 0. The predicted molar refractivity (Wildman–Crippen MR) is 47.9 cm³/mol. The summed E-state index contributed by atoms with van der Waals surface area (Å²) in [5.74, 6) is -0.509. The molecular weight excluding hydrogens is 192 g/mol. The van der Waals surface area contributed by atoms with Gasteiger partial charge in [-0.3, -0.25) is 0 Å². The molecule has 1 heterocycles. The number of esters is 1. The maximum Gasteiger partial charge on any atom is 0.339 e. The van der Waals surface area contributed by atoms with Gasteiger partial charge in [0.1, 0.15) is 6.33 Å². The molecule has 0 N–H and O–H groups in total. The summed E-state index contributed by atoms with van der Waals surface area (Å²) in [7, 11) is 1.28. The van der Waals surface area contributed by atoms with Gasteiger partial charge >= 0.3 is 5.97 Å². The maximum absolute atomic E-state index is 11.1. The Morgan fingerprint density at radius 3 is 2.62 bits per heavy atom. The standard InChI is InChI=1S/C8H7ClN2O2/c1-13-8(12)7(2-9)6-3-10-5-11-4-6/h2-5H,1H3/b7-2+. The van der Waals surface area contributed by atoms with Gasteiger partial charge in [0.2, 0.25) is 0 Å². The zero-order chi connectivity index (χ0) is 9.68. The van der Waals surface area contributed by atoms with Crippen LogP contribution in [-0.2, 0) is 9.53 Å². The molecule has 0 saturated carbocycles. The van der Waals surface area contributed by atoms with Crippen LogP contribution in [0.3, 0.4) is 0 Å². The molecule has 0 fully saturated rings. The van der Waals surface area contributed by atoms with Gasteiger partial charge in [0.05, 0.1) is 12.7 Å². The first-order chi connectivity index (χ1) is 6.29. The fraction of sp³-hybridized carbons (Fsp3) is 0.125. The first-order valence-corrected chi connectivity index (χ1v) is 3.87. The van der Waals surface area contributed by atoms with E-state index in [1.54, 1.807) is 0 Å². The van der Waals surface area contributed by atoms with Gasteiger partial charge in [0.15, 0.2) is 0 Å². The van der Waals surface area contributed by atoms with Crippen LogP contribution >= 0.6 is 11.6 Å². The van der Waals surface area contributed by atoms with Gasteiger partial charge in [0, 0.05) is 23.5 Å². The highest BCUT2D eigenvalue weighted by Gasteiger charge is 2.11. The molecule has 0 bridgehead atoms. The van der Waals surface area contributed by atoms with Crippen LogP contribution in [0, 0.1) is 0 Å². The van der Waals surface area contributed by atoms with E-state index >= 15 is 0 Å². The zero-order valence-corrected chi connectivity index (χ0v) is 7.65. The molecule has 4 nitrogen and oxygen atoms in total. The van der Waals surface area contributed by atoms with Crippen molar-refractivity contribution < 1.29 is 9.53 Å². The molecule has 1 rings (SSSR count). The largest absolute Gasteiger partial charge is 0.465 e. The summed E-state index contributed by atoms with van der Waals surface area (Å²) < 4.78 is 4.51. The van der Waals surface area contributed by atoms with Crippen molar-refractivity contribution in [3.8, 4) is 0 Å². The van der Waals surface area contributed by atoms with Crippen LogP contribution in [-0.4, -0.2) is 23.0 Å². The van der Waals surface area contributed by atoms with E-state index in [0.29, 0.717) is 5.56 Å². The van der Waals surface area contributed by atoms with Crippen LogP contribution in [0.1, 0.15) is 5.56 Å². The van der Waals surface area contributed by atoms with Crippen molar-refractivity contribution in [3.63, 3.8) is 0 Å². The second kappa shape index (κ2) is 4.57. The van der Waals surface area contributed by atoms with Crippen molar-refractivity contribution in [2.75, 3.05) is 7.11 Å². The molecule has 0 unspecified atom stereocenters. The van der Waals surface area contributed by atoms with E-state index in [2.05, 4.69) is 14.7 Å². The molecule has 68 valence electrons. The van der Waals surface area contributed by atoms with Gasteiger partial charge in [0.25, 0.3) is 0 Å². The van der Waals surface area contributed by atoms with Crippen molar-refractivity contribution in [2.45, 2.75) is 0 Å². The van der Waals surface area contributed by atoms with Crippen molar-refractivity contribution in [2.24, 2.45) is 0 Å². The van der Waals surface area contributed by atoms with Crippen molar-refractivity contribution in [1.82, 2.24) is 9.97 Å². The monoisotopic (exact) mass is 198 g/mol. The van der Waals surface area contributed by atoms with Gasteiger partial charge in [-0.15, -0.1) is 0 Å². The molecule has 0 saturated heterocycles. The molecule has 0 aliphatic carbocycles. The van der Waals surface area contributed by atoms with Crippen molar-refractivity contribution in [3.05, 3.63) is 29.8 Å². The number of hydrogen-bond donors (Lipinski definition) is 0. The van der Waals surface area contributed by atoms with Gasteiger partial charge in [-0.2, -0.15) is 0 Å². The third-order valence-electron chi connectivity index (χ3n) is 1.39. The minimum Gasteiger partial charge on any atom is -0.465 e. The average molecular weight is 199 g/mol. The number of rotatable bonds is 2. The van der Waals surface area contributed by atoms with E-state index in [0.717, 1.165) is 5.54 Å². The molecule has 0 aliphatic heterocycles. The zero-order valence-electron chi connectivity index (χ0n) is 6.90. The Hall–Kier alpha value is -1.42. The Balaban J connectivity index is 3.00. The van der Waals surface area contributed by atoms with Crippen LogP contribution in [0.15, 0.2) is 24.3 Å². The normalized spacial score (nSPS) is 11.1. The number of carbonyl (C=O) groups excluding carboxylic acids is 1. The van der Waals surface area contributed by atoms with E-state index in [-0.39, 0.29) is 5.57 Å². The fourth-order valence-electron chi connectivity index (χ4n) is 0.774. The van der Waals surface area contributed by atoms with E-state index in [1.165, 1.54) is 25.8 Å². The van der Waals surface area contributed by atoms with Crippen molar-refractivity contribution in [1.29, 1.82) is 0 Å². The second-order valence-corrected chi connectivity index (χ2v) is 2.36. The van der Waals surface area contributed by atoms with Gasteiger partial charge < -0.3 is 4.74 Å². The number of nitrogens with zero attached hydrogens (tertiary/aromatic N) is 2. The van der Waals surface area contributed by atoms with Gasteiger partial charge in [-0.05, 0) is 0 Å². The number of carbonyl (C=O) groups is 1. The van der Waals surface area contributed by atoms with Crippen LogP contribution in [0.25, 0.3) is 5.57 Å². The summed E-state index contributed by atoms with van der Waals surface area (Å²) in [5.41, 5.74) is 1.92. The quantitative estimate of drug-likeness (QED) is 0.530. The third-order valence-corrected chi connectivity index (χ3v) is 1.60. The lowest BCUT2D eigenvalue weighted by molar-refractivity contribution is -0.133. The molecule has 5 heteroatoms. The fourth-order valence-corrected chi connectivity index (χ4v) is 0.989. The summed E-state index contributed by atoms with van der Waals surface area (Å²) in [4.78, 5) is 18.6. The van der Waals surface area contributed by atoms with E-state index in [9.17, 15) is 4.79 Å². The highest BCUT2D eigenvalue weighted by Crippen LogP contribution is 2.14. The molecule has 0 aliphatic rings. The third kappa shape index (κ3) is 2.26. The number of methoxy groups -OCH3 is 1. The molecule has 0 spiro atoms. The minimum atomic E-state index is -0.509. The molecule has 13 heavy (non-hydrogen) atoms. The highest BCUT2D eigenvalue weighted by molar-refractivity contribution is 6.34. The summed E-state index contributed by atoms with van der Waals surface area (Å²) >= 11 is 5.46. The SMILES string of the molecule is COC(=O)/C(=C/Cl)c1cncnc1. The predicted octanol–water partition coefficient (Wildman–Crippen LogP) is 1.23. The summed E-state index contributed by atoms with van der Waals surface area (Å²) in [5, 5.41) is 0. The summed E-state index contributed by atoms with van der Waals surface area (Å²) in [6, 6.07) is 0. The number of aromatic nitrogens is 2. The molecular formula is C8H7ClN2O2. The summed E-state index contributed by atoms with van der Waals surface area (Å²) in [6.07, 6.45) is 4.34. The lowest BCUT2D eigenvalue weighted by Crippen LogP contribution is -2.03. The Morgan fingerprint density at radius 1 is 1.54 bits per heavy atom. The van der Waals surface area contributed by atoms with Crippen molar-refractivity contribution >= 4 is 23.1 Å². The lowest BCUT2D eigenvalue weighted by Gasteiger charge is -2.01. The van der Waals surface area contributed by atoms with E-state index in [1.807, 2.05) is 0 Å². The topological polar surface area (TPSA) is 52.1 Å². The number of hydrogen-bond acceptors (Lipinski definition) is 4. The minimum absolute atomic E-state index is 0.241. The van der Waals surface area contributed by atoms with Gasteiger partial charge in [-0.1, -0.05) is 11.6 Å². The number of ether oxygens (including phenoxy) is 1. The molecule has 1 aromatic rings. The average Bonchev–Trinajstić information content (AvgIpc) is 2.20. The number of halogens is 1. The molecule has 0 amide bonds.